The van der Waals surface area contributed by atoms with Crippen molar-refractivity contribution < 1.29 is 9.50 Å². The summed E-state index contributed by atoms with van der Waals surface area (Å²) in [6, 6.07) is 15.0. The number of nitrogens with zero attached hydrogens (tertiary/aromatic N) is 1. The topological polar surface area (TPSA) is 45.1 Å². The number of aliphatic hydroxyl groups is 1. The van der Waals surface area contributed by atoms with Gasteiger partial charge in [-0.25, -0.2) is 4.39 Å². The summed E-state index contributed by atoms with van der Waals surface area (Å²) in [5.41, 5.74) is 1.90. The summed E-state index contributed by atoms with van der Waals surface area (Å²) in [5.74, 6) is -0.303. The lowest BCUT2D eigenvalue weighted by atomic mass is 10.0. The molecule has 0 spiro atoms. The highest BCUT2D eigenvalue weighted by Gasteiger charge is 2.09. The average molecular weight is 389 g/mol. The van der Waals surface area contributed by atoms with Gasteiger partial charge in [-0.15, -0.1) is 12.4 Å². The molecule has 0 fully saturated rings. The van der Waals surface area contributed by atoms with Crippen LogP contribution in [-0.2, 0) is 6.54 Å². The molecule has 27 heavy (non-hydrogen) atoms. The van der Waals surface area contributed by atoms with Gasteiger partial charge in [-0.2, -0.15) is 0 Å². The van der Waals surface area contributed by atoms with E-state index in [4.69, 9.17) is 0 Å². The SMILES string of the molecule is C[C@H](CCCC(O)c1cccc(F)c1)NCc1ccc2cnccc2c1.Cl. The number of halogens is 2. The molecule has 5 heteroatoms. The molecule has 0 amide bonds. The number of benzene rings is 2. The Morgan fingerprint density at radius 2 is 1.93 bits per heavy atom. The molecule has 3 rings (SSSR count). The van der Waals surface area contributed by atoms with Crippen molar-refractivity contribution in [2.75, 3.05) is 0 Å². The van der Waals surface area contributed by atoms with E-state index in [9.17, 15) is 9.50 Å². The Bertz CT molecular complexity index is 858. The molecule has 0 aliphatic heterocycles. The van der Waals surface area contributed by atoms with Crippen LogP contribution < -0.4 is 5.32 Å². The summed E-state index contributed by atoms with van der Waals surface area (Å²) < 4.78 is 13.2. The molecule has 3 aromatic rings. The molecule has 1 unspecified atom stereocenters. The van der Waals surface area contributed by atoms with Gasteiger partial charge in [-0.3, -0.25) is 4.98 Å². The fourth-order valence-corrected chi connectivity index (χ4v) is 3.13. The first-order chi connectivity index (χ1) is 12.6. The third-order valence-corrected chi connectivity index (χ3v) is 4.71. The van der Waals surface area contributed by atoms with Gasteiger partial charge < -0.3 is 10.4 Å². The second kappa shape index (κ2) is 10.4. The van der Waals surface area contributed by atoms with E-state index in [2.05, 4.69) is 35.4 Å². The normalized spacial score (nSPS) is 13.1. The Morgan fingerprint density at radius 3 is 2.74 bits per heavy atom. The van der Waals surface area contributed by atoms with Crippen molar-refractivity contribution in [3.8, 4) is 0 Å². The third kappa shape index (κ3) is 6.28. The van der Waals surface area contributed by atoms with Gasteiger partial charge in [0.25, 0.3) is 0 Å². The molecular formula is C22H26ClFN2O. The Kier molecular flexibility index (Phi) is 8.17. The molecule has 0 bridgehead atoms. The maximum absolute atomic E-state index is 13.2. The second-order valence-corrected chi connectivity index (χ2v) is 6.84. The smallest absolute Gasteiger partial charge is 0.123 e. The number of fused-ring (bicyclic) bond motifs is 1. The molecule has 2 N–H and O–H groups in total. The van der Waals surface area contributed by atoms with Gasteiger partial charge in [0.05, 0.1) is 6.10 Å². The summed E-state index contributed by atoms with van der Waals surface area (Å²) in [6.07, 6.45) is 5.56. The Labute approximate surface area is 166 Å². The Morgan fingerprint density at radius 1 is 1.07 bits per heavy atom. The van der Waals surface area contributed by atoms with Crippen LogP contribution in [0.3, 0.4) is 0 Å². The molecular weight excluding hydrogens is 363 g/mol. The van der Waals surface area contributed by atoms with E-state index in [1.54, 1.807) is 12.1 Å². The van der Waals surface area contributed by atoms with Crippen molar-refractivity contribution in [3.63, 3.8) is 0 Å². The lowest BCUT2D eigenvalue weighted by molar-refractivity contribution is 0.162. The molecule has 0 saturated heterocycles. The average Bonchev–Trinajstić information content (AvgIpc) is 2.66. The first-order valence-electron chi connectivity index (χ1n) is 9.11. The first-order valence-corrected chi connectivity index (χ1v) is 9.11. The van der Waals surface area contributed by atoms with Crippen LogP contribution in [-0.4, -0.2) is 16.1 Å². The van der Waals surface area contributed by atoms with Gasteiger partial charge in [0.2, 0.25) is 0 Å². The molecule has 0 aliphatic rings. The molecule has 0 saturated carbocycles. The van der Waals surface area contributed by atoms with E-state index < -0.39 is 6.10 Å². The van der Waals surface area contributed by atoms with Crippen molar-refractivity contribution >= 4 is 23.2 Å². The fraction of sp³-hybridized carbons (Fsp3) is 0.318. The molecule has 144 valence electrons. The lowest BCUT2D eigenvalue weighted by Crippen LogP contribution is -2.25. The van der Waals surface area contributed by atoms with Gasteiger partial charge in [0.15, 0.2) is 0 Å². The van der Waals surface area contributed by atoms with Crippen LogP contribution in [0.15, 0.2) is 60.9 Å². The van der Waals surface area contributed by atoms with Crippen molar-refractivity contribution in [2.24, 2.45) is 0 Å². The molecule has 2 aromatic carbocycles. The van der Waals surface area contributed by atoms with Crippen molar-refractivity contribution in [1.29, 1.82) is 0 Å². The van der Waals surface area contributed by atoms with E-state index in [-0.39, 0.29) is 18.2 Å². The van der Waals surface area contributed by atoms with E-state index in [1.807, 2.05) is 18.5 Å². The number of rotatable bonds is 8. The number of nitrogens with one attached hydrogen (secondary N) is 1. The Hall–Kier alpha value is -2.01. The van der Waals surface area contributed by atoms with Gasteiger partial charge in [0, 0.05) is 30.4 Å². The fourth-order valence-electron chi connectivity index (χ4n) is 3.13. The maximum atomic E-state index is 13.2. The summed E-state index contributed by atoms with van der Waals surface area (Å²) in [7, 11) is 0. The minimum absolute atomic E-state index is 0. The zero-order chi connectivity index (χ0) is 18.4. The van der Waals surface area contributed by atoms with Gasteiger partial charge in [-0.1, -0.05) is 24.3 Å². The monoisotopic (exact) mass is 388 g/mol. The largest absolute Gasteiger partial charge is 0.388 e. The maximum Gasteiger partial charge on any atom is 0.123 e. The summed E-state index contributed by atoms with van der Waals surface area (Å²) in [5, 5.41) is 16.1. The van der Waals surface area contributed by atoms with E-state index in [1.165, 1.54) is 23.1 Å². The van der Waals surface area contributed by atoms with Crippen LogP contribution >= 0.6 is 12.4 Å². The highest BCUT2D eigenvalue weighted by Crippen LogP contribution is 2.20. The van der Waals surface area contributed by atoms with Crippen LogP contribution in [0.2, 0.25) is 0 Å². The van der Waals surface area contributed by atoms with Crippen molar-refractivity contribution in [3.05, 3.63) is 77.9 Å². The summed E-state index contributed by atoms with van der Waals surface area (Å²) in [6.45, 7) is 2.96. The minimum atomic E-state index is -0.605. The zero-order valence-electron chi connectivity index (χ0n) is 15.4. The van der Waals surface area contributed by atoms with Gasteiger partial charge in [-0.05, 0) is 67.0 Å². The molecule has 0 aliphatic carbocycles. The lowest BCUT2D eigenvalue weighted by Gasteiger charge is -2.16. The predicted octanol–water partition coefficient (Wildman–Crippen LogP) is 5.18. The first kappa shape index (κ1) is 21.3. The minimum Gasteiger partial charge on any atom is -0.388 e. The van der Waals surface area contributed by atoms with Crippen molar-refractivity contribution in [2.45, 2.75) is 44.9 Å². The second-order valence-electron chi connectivity index (χ2n) is 6.84. The predicted molar refractivity (Wildman–Crippen MR) is 111 cm³/mol. The number of pyridine rings is 1. The van der Waals surface area contributed by atoms with Gasteiger partial charge in [0.1, 0.15) is 5.82 Å². The number of hydrogen-bond acceptors (Lipinski definition) is 3. The van der Waals surface area contributed by atoms with E-state index >= 15 is 0 Å². The quantitative estimate of drug-likeness (QED) is 0.559. The molecule has 3 nitrogen and oxygen atoms in total. The van der Waals surface area contributed by atoms with Crippen LogP contribution in [0.1, 0.15) is 43.4 Å². The van der Waals surface area contributed by atoms with Crippen LogP contribution in [0.4, 0.5) is 4.39 Å². The molecule has 2 atom stereocenters. The summed E-state index contributed by atoms with van der Waals surface area (Å²) >= 11 is 0. The highest BCUT2D eigenvalue weighted by atomic mass is 35.5. The highest BCUT2D eigenvalue weighted by molar-refractivity contribution is 5.85. The van der Waals surface area contributed by atoms with Crippen LogP contribution in [0.25, 0.3) is 10.8 Å². The molecule has 1 aromatic heterocycles. The number of aliphatic hydroxyl groups excluding tert-OH is 1. The van der Waals surface area contributed by atoms with Crippen LogP contribution in [0, 0.1) is 5.82 Å². The zero-order valence-corrected chi connectivity index (χ0v) is 16.3. The molecule has 0 radical (unpaired) electrons. The number of hydrogen-bond donors (Lipinski definition) is 2. The summed E-state index contributed by atoms with van der Waals surface area (Å²) in [4.78, 5) is 4.13. The van der Waals surface area contributed by atoms with E-state index in [0.29, 0.717) is 18.0 Å². The van der Waals surface area contributed by atoms with Crippen LogP contribution in [0.5, 0.6) is 0 Å². The number of aromatic nitrogens is 1. The Balaban J connectivity index is 0.00000261. The van der Waals surface area contributed by atoms with Gasteiger partial charge >= 0.3 is 0 Å². The third-order valence-electron chi connectivity index (χ3n) is 4.71. The van der Waals surface area contributed by atoms with E-state index in [0.717, 1.165) is 24.8 Å². The van der Waals surface area contributed by atoms with Crippen molar-refractivity contribution in [1.82, 2.24) is 10.3 Å². The molecule has 1 heterocycles. The standard InChI is InChI=1S/C22H25FN2O.ClH/c1-16(4-2-7-22(26)19-5-3-6-21(23)13-19)25-14-17-8-9-20-15-24-11-10-18(20)12-17;/h3,5-6,8-13,15-16,22,25-26H,2,4,7,14H2,1H3;1H/t16-,22?;/m1./s1.